The number of likely N-dealkylation sites (tertiary alicyclic amines) is 1. The zero-order valence-electron chi connectivity index (χ0n) is 17.4. The van der Waals surface area contributed by atoms with Crippen molar-refractivity contribution >= 4 is 29.9 Å². The molecule has 1 saturated carbocycles. The lowest BCUT2D eigenvalue weighted by atomic mass is 9.64. The summed E-state index contributed by atoms with van der Waals surface area (Å²) in [5.74, 6) is 1.65. The van der Waals surface area contributed by atoms with E-state index in [1.807, 2.05) is 0 Å². The number of nitrogens with zero attached hydrogens (tertiary/aromatic N) is 2. The second-order valence-corrected chi connectivity index (χ2v) is 7.84. The van der Waals surface area contributed by atoms with Gasteiger partial charge in [0, 0.05) is 38.1 Å². The number of benzene rings is 1. The Bertz CT molecular complexity index is 593. The van der Waals surface area contributed by atoms with Gasteiger partial charge in [-0.25, -0.2) is 0 Å². The molecule has 158 valence electrons. The van der Waals surface area contributed by atoms with Crippen molar-refractivity contribution in [2.45, 2.75) is 38.0 Å². The van der Waals surface area contributed by atoms with Crippen LogP contribution in [0.2, 0.25) is 0 Å². The van der Waals surface area contributed by atoms with Crippen LogP contribution in [0.3, 0.4) is 0 Å². The van der Waals surface area contributed by atoms with Crippen molar-refractivity contribution in [2.24, 2.45) is 10.9 Å². The minimum Gasteiger partial charge on any atom is -0.382 e. The molecule has 5 nitrogen and oxygen atoms in total. The van der Waals surface area contributed by atoms with Crippen LogP contribution in [0.25, 0.3) is 0 Å². The number of hydrogen-bond acceptors (Lipinski definition) is 3. The van der Waals surface area contributed by atoms with E-state index < -0.39 is 0 Å². The summed E-state index contributed by atoms with van der Waals surface area (Å²) in [6.45, 7) is 8.18. The molecule has 1 atom stereocenters. The SMILES string of the molecule is CCNC(=NCC1(c2ccccc2)CCC1)N1CCC(COCCOC)C1.I. The van der Waals surface area contributed by atoms with Gasteiger partial charge in [-0.15, -0.1) is 24.0 Å². The van der Waals surface area contributed by atoms with Gasteiger partial charge in [-0.05, 0) is 31.7 Å². The molecule has 0 spiro atoms. The van der Waals surface area contributed by atoms with Gasteiger partial charge >= 0.3 is 0 Å². The largest absolute Gasteiger partial charge is 0.382 e. The van der Waals surface area contributed by atoms with Crippen LogP contribution in [0.5, 0.6) is 0 Å². The van der Waals surface area contributed by atoms with Crippen LogP contribution in [0.15, 0.2) is 35.3 Å². The Labute approximate surface area is 187 Å². The Morgan fingerprint density at radius 1 is 1.25 bits per heavy atom. The lowest BCUT2D eigenvalue weighted by Crippen LogP contribution is -2.43. The average molecular weight is 501 g/mol. The Morgan fingerprint density at radius 3 is 2.68 bits per heavy atom. The van der Waals surface area contributed by atoms with Crippen LogP contribution in [0.4, 0.5) is 0 Å². The molecule has 0 radical (unpaired) electrons. The predicted molar refractivity (Wildman–Crippen MR) is 126 cm³/mol. The van der Waals surface area contributed by atoms with Crippen molar-refractivity contribution in [3.8, 4) is 0 Å². The molecule has 1 aliphatic carbocycles. The first-order chi connectivity index (χ1) is 13.3. The van der Waals surface area contributed by atoms with E-state index in [1.54, 1.807) is 7.11 Å². The third-order valence-corrected chi connectivity index (χ3v) is 5.93. The van der Waals surface area contributed by atoms with E-state index in [0.29, 0.717) is 19.1 Å². The molecular weight excluding hydrogens is 465 g/mol. The number of rotatable bonds is 9. The molecule has 2 fully saturated rings. The average Bonchev–Trinajstić information content (AvgIpc) is 3.13. The summed E-state index contributed by atoms with van der Waals surface area (Å²) >= 11 is 0. The van der Waals surface area contributed by atoms with Crippen molar-refractivity contribution in [1.82, 2.24) is 10.2 Å². The molecule has 0 amide bonds. The van der Waals surface area contributed by atoms with Crippen LogP contribution < -0.4 is 5.32 Å². The Balaban J connectivity index is 0.00000280. The van der Waals surface area contributed by atoms with E-state index in [1.165, 1.54) is 31.2 Å². The second kappa shape index (κ2) is 12.0. The predicted octanol–water partition coefficient (Wildman–Crippen LogP) is 3.68. The summed E-state index contributed by atoms with van der Waals surface area (Å²) in [4.78, 5) is 7.49. The molecule has 1 aromatic rings. The van der Waals surface area contributed by atoms with Crippen molar-refractivity contribution in [2.75, 3.05) is 53.1 Å². The summed E-state index contributed by atoms with van der Waals surface area (Å²) in [5, 5.41) is 3.51. The molecule has 1 unspecified atom stereocenters. The molecule has 1 aromatic carbocycles. The van der Waals surface area contributed by atoms with Gasteiger partial charge in [0.2, 0.25) is 0 Å². The maximum atomic E-state index is 5.73. The first-order valence-corrected chi connectivity index (χ1v) is 10.4. The molecule has 3 rings (SSSR count). The molecule has 2 aliphatic rings. The normalized spacial score (nSPS) is 21.1. The van der Waals surface area contributed by atoms with Crippen molar-refractivity contribution in [3.05, 3.63) is 35.9 Å². The zero-order chi connectivity index (χ0) is 19.0. The minimum absolute atomic E-state index is 0. The van der Waals surface area contributed by atoms with Gasteiger partial charge in [0.1, 0.15) is 0 Å². The molecule has 1 aliphatic heterocycles. The molecule has 0 bridgehead atoms. The quantitative estimate of drug-likeness (QED) is 0.243. The van der Waals surface area contributed by atoms with Crippen LogP contribution in [0.1, 0.15) is 38.2 Å². The number of aliphatic imine (C=N–C) groups is 1. The van der Waals surface area contributed by atoms with E-state index in [4.69, 9.17) is 14.5 Å². The number of nitrogens with one attached hydrogen (secondary N) is 1. The Hall–Kier alpha value is -0.860. The summed E-state index contributed by atoms with van der Waals surface area (Å²) < 4.78 is 10.8. The molecular formula is C22H36IN3O2. The number of methoxy groups -OCH3 is 1. The van der Waals surface area contributed by atoms with E-state index in [-0.39, 0.29) is 29.4 Å². The third kappa shape index (κ3) is 6.07. The minimum atomic E-state index is 0. The van der Waals surface area contributed by atoms with Gasteiger partial charge in [-0.2, -0.15) is 0 Å². The highest BCUT2D eigenvalue weighted by Gasteiger charge is 2.38. The van der Waals surface area contributed by atoms with Crippen LogP contribution in [0, 0.1) is 5.92 Å². The Morgan fingerprint density at radius 2 is 2.04 bits per heavy atom. The number of guanidine groups is 1. The first-order valence-electron chi connectivity index (χ1n) is 10.4. The highest BCUT2D eigenvalue weighted by molar-refractivity contribution is 14.0. The third-order valence-electron chi connectivity index (χ3n) is 5.93. The van der Waals surface area contributed by atoms with E-state index in [2.05, 4.69) is 47.5 Å². The van der Waals surface area contributed by atoms with Gasteiger partial charge in [0.15, 0.2) is 5.96 Å². The summed E-state index contributed by atoms with van der Waals surface area (Å²) in [6, 6.07) is 10.9. The highest BCUT2D eigenvalue weighted by atomic mass is 127. The van der Waals surface area contributed by atoms with Gasteiger partial charge in [-0.3, -0.25) is 4.99 Å². The zero-order valence-corrected chi connectivity index (χ0v) is 19.7. The highest BCUT2D eigenvalue weighted by Crippen LogP contribution is 2.43. The summed E-state index contributed by atoms with van der Waals surface area (Å²) in [5.41, 5.74) is 1.69. The van der Waals surface area contributed by atoms with Gasteiger partial charge in [0.05, 0.1) is 26.4 Å². The molecule has 28 heavy (non-hydrogen) atoms. The fourth-order valence-corrected chi connectivity index (χ4v) is 4.14. The molecule has 1 heterocycles. The topological polar surface area (TPSA) is 46.1 Å². The monoisotopic (exact) mass is 501 g/mol. The maximum absolute atomic E-state index is 5.73. The smallest absolute Gasteiger partial charge is 0.193 e. The van der Waals surface area contributed by atoms with Crippen LogP contribution >= 0.6 is 24.0 Å². The van der Waals surface area contributed by atoms with E-state index in [0.717, 1.165) is 38.7 Å². The summed E-state index contributed by atoms with van der Waals surface area (Å²) in [7, 11) is 1.71. The summed E-state index contributed by atoms with van der Waals surface area (Å²) in [6.07, 6.45) is 4.97. The maximum Gasteiger partial charge on any atom is 0.193 e. The number of halogens is 1. The lowest BCUT2D eigenvalue weighted by Gasteiger charge is -2.41. The fourth-order valence-electron chi connectivity index (χ4n) is 4.14. The molecule has 1 saturated heterocycles. The van der Waals surface area contributed by atoms with Crippen molar-refractivity contribution < 1.29 is 9.47 Å². The standard InChI is InChI=1S/C22H35N3O2.HI/c1-3-23-21(25-13-10-19(16-25)17-27-15-14-26-2)24-18-22(11-7-12-22)20-8-5-4-6-9-20;/h4-6,8-9,19H,3,7,10-18H2,1-2H3,(H,23,24);1H. The Kier molecular flexibility index (Phi) is 10.0. The molecule has 6 heteroatoms. The molecule has 0 aromatic heterocycles. The lowest BCUT2D eigenvalue weighted by molar-refractivity contribution is 0.0536. The second-order valence-electron chi connectivity index (χ2n) is 7.84. The van der Waals surface area contributed by atoms with Gasteiger partial charge < -0.3 is 19.7 Å². The van der Waals surface area contributed by atoms with Crippen molar-refractivity contribution in [1.29, 1.82) is 0 Å². The van der Waals surface area contributed by atoms with E-state index in [9.17, 15) is 0 Å². The van der Waals surface area contributed by atoms with Gasteiger partial charge in [0.25, 0.3) is 0 Å². The first kappa shape index (κ1) is 23.4. The van der Waals surface area contributed by atoms with E-state index >= 15 is 0 Å². The van der Waals surface area contributed by atoms with Crippen molar-refractivity contribution in [3.63, 3.8) is 0 Å². The van der Waals surface area contributed by atoms with Gasteiger partial charge in [-0.1, -0.05) is 36.8 Å². The van der Waals surface area contributed by atoms with Crippen LogP contribution in [-0.2, 0) is 14.9 Å². The number of ether oxygens (including phenoxy) is 2. The molecule has 1 N–H and O–H groups in total. The van der Waals surface area contributed by atoms with Crippen LogP contribution in [-0.4, -0.2) is 64.0 Å². The number of hydrogen-bond donors (Lipinski definition) is 1. The fraction of sp³-hybridized carbons (Fsp3) is 0.682.